The Morgan fingerprint density at radius 3 is 2.41 bits per heavy atom. The fourth-order valence-electron chi connectivity index (χ4n) is 10.9. The Hall–Kier alpha value is -4.39. The van der Waals surface area contributed by atoms with Crippen molar-refractivity contribution >= 4 is 45.6 Å². The fourth-order valence-corrected chi connectivity index (χ4v) is 10.9. The van der Waals surface area contributed by atoms with Gasteiger partial charge in [0.15, 0.2) is 0 Å². The maximum Gasteiger partial charge on any atom is 0.311 e. The molecule has 0 radical (unpaired) electrons. The first-order chi connectivity index (χ1) is 24.1. The van der Waals surface area contributed by atoms with Gasteiger partial charge in [0, 0.05) is 17.5 Å². The molecule has 1 amide bonds. The number of hydrogen-bond acceptors (Lipinski definition) is 5. The summed E-state index contributed by atoms with van der Waals surface area (Å²) in [5.74, 6) is -0.203. The maximum atomic E-state index is 13.3. The van der Waals surface area contributed by atoms with Crippen LogP contribution < -0.4 is 5.32 Å². The lowest BCUT2D eigenvalue weighted by Crippen LogP contribution is -2.63. The lowest BCUT2D eigenvalue weighted by molar-refractivity contribution is -0.190. The van der Waals surface area contributed by atoms with Crippen molar-refractivity contribution in [1.29, 1.82) is 0 Å². The third-order valence-electron chi connectivity index (χ3n) is 14.6. The molecule has 4 aromatic rings. The zero-order valence-corrected chi connectivity index (χ0v) is 30.9. The van der Waals surface area contributed by atoms with Crippen LogP contribution in [0.2, 0.25) is 0 Å². The molecular weight excluding hydrogens is 638 g/mol. The van der Waals surface area contributed by atoms with E-state index in [0.717, 1.165) is 66.2 Å². The molecule has 6 atom stereocenters. The van der Waals surface area contributed by atoms with Gasteiger partial charge in [0.1, 0.15) is 5.82 Å². The molecule has 1 aromatic heterocycles. The normalized spacial score (nSPS) is 32.3. The van der Waals surface area contributed by atoms with Crippen molar-refractivity contribution in [3.63, 3.8) is 0 Å². The van der Waals surface area contributed by atoms with Crippen molar-refractivity contribution in [2.75, 3.05) is 7.11 Å². The quantitative estimate of drug-likeness (QED) is 0.171. The van der Waals surface area contributed by atoms with Crippen molar-refractivity contribution in [3.8, 4) is 0 Å². The molecule has 3 aromatic carbocycles. The molecule has 6 nitrogen and oxygen atoms in total. The minimum atomic E-state index is -0.458. The van der Waals surface area contributed by atoms with E-state index < -0.39 is 5.41 Å². The van der Waals surface area contributed by atoms with Gasteiger partial charge >= 0.3 is 5.97 Å². The Balaban J connectivity index is 1.17. The van der Waals surface area contributed by atoms with Crippen LogP contribution in [0.3, 0.4) is 0 Å². The van der Waals surface area contributed by atoms with Crippen molar-refractivity contribution in [1.82, 2.24) is 15.3 Å². The summed E-state index contributed by atoms with van der Waals surface area (Å²) >= 11 is 0. The molecule has 51 heavy (non-hydrogen) atoms. The summed E-state index contributed by atoms with van der Waals surface area (Å²) in [6.45, 7) is 14.5. The van der Waals surface area contributed by atoms with Crippen molar-refractivity contribution in [2.45, 2.75) is 86.6 Å². The molecule has 4 aliphatic rings. The molecule has 264 valence electrons. The zero-order valence-electron chi connectivity index (χ0n) is 30.9. The number of benzene rings is 3. The number of esters is 1. The molecule has 1 N–H and O–H groups in total. The molecule has 1 heterocycles. The molecule has 0 aliphatic heterocycles. The SMILES string of the molecule is COC(=O)[C@]1(C)CC[C@]2(C)CC[C@@]3(C)[C@@](C)(CC=C4c5cc6nc7cc(C(=O)NCc8ccc(F)cc8)ccc7nc6c(C)c5C=C[C@]43C)[C@@H]2C1. The van der Waals surface area contributed by atoms with Gasteiger partial charge in [-0.05, 0) is 139 Å². The third-order valence-corrected chi connectivity index (χ3v) is 14.6. The topological polar surface area (TPSA) is 81.2 Å². The highest BCUT2D eigenvalue weighted by atomic mass is 19.1. The van der Waals surface area contributed by atoms with Crippen LogP contribution in [0.25, 0.3) is 33.7 Å². The Morgan fingerprint density at radius 2 is 1.67 bits per heavy atom. The smallest absolute Gasteiger partial charge is 0.311 e. The molecule has 4 aliphatic carbocycles. The van der Waals surface area contributed by atoms with E-state index in [-0.39, 0.29) is 39.4 Å². The van der Waals surface area contributed by atoms with Crippen LogP contribution in [0, 0.1) is 45.7 Å². The molecule has 7 heteroatoms. The number of nitrogens with zero attached hydrogens (tertiary/aromatic N) is 2. The fraction of sp³-hybridized carbons (Fsp3) is 0.455. The third kappa shape index (κ3) is 4.79. The van der Waals surface area contributed by atoms with E-state index in [1.54, 1.807) is 24.3 Å². The van der Waals surface area contributed by atoms with Gasteiger partial charge in [-0.1, -0.05) is 58.1 Å². The van der Waals surface area contributed by atoms with Crippen molar-refractivity contribution < 1.29 is 18.7 Å². The molecule has 0 unspecified atom stereocenters. The number of aryl methyl sites for hydroxylation is 1. The van der Waals surface area contributed by atoms with Gasteiger partial charge in [0.25, 0.3) is 5.91 Å². The first kappa shape index (κ1) is 33.7. The predicted octanol–water partition coefficient (Wildman–Crippen LogP) is 9.77. The highest BCUT2D eigenvalue weighted by Crippen LogP contribution is 2.76. The summed E-state index contributed by atoms with van der Waals surface area (Å²) in [4.78, 5) is 36.4. The number of nitrogens with one attached hydrogen (secondary N) is 1. The van der Waals surface area contributed by atoms with Gasteiger partial charge in [-0.2, -0.15) is 0 Å². The Bertz CT molecular complexity index is 2210. The van der Waals surface area contributed by atoms with E-state index in [9.17, 15) is 14.0 Å². The first-order valence-corrected chi connectivity index (χ1v) is 18.4. The number of hydrogen-bond donors (Lipinski definition) is 1. The highest BCUT2D eigenvalue weighted by molar-refractivity contribution is 6.00. The second kappa shape index (κ2) is 11.3. The van der Waals surface area contributed by atoms with E-state index in [2.05, 4.69) is 71.2 Å². The van der Waals surface area contributed by atoms with Crippen LogP contribution in [-0.2, 0) is 16.1 Å². The molecule has 0 bridgehead atoms. The average molecular weight is 686 g/mol. The molecule has 2 saturated carbocycles. The molecule has 2 fully saturated rings. The Morgan fingerprint density at radius 1 is 0.922 bits per heavy atom. The number of ether oxygens (including phenoxy) is 1. The molecule has 8 rings (SSSR count). The Kier molecular flexibility index (Phi) is 7.48. The van der Waals surface area contributed by atoms with Gasteiger partial charge in [0.05, 0.1) is 34.6 Å². The van der Waals surface area contributed by atoms with Crippen LogP contribution in [0.1, 0.15) is 106 Å². The molecule has 0 spiro atoms. The van der Waals surface area contributed by atoms with Crippen LogP contribution in [0.5, 0.6) is 0 Å². The number of fused-ring (bicyclic) bond motifs is 9. The van der Waals surface area contributed by atoms with E-state index in [4.69, 9.17) is 14.7 Å². The lowest BCUT2D eigenvalue weighted by atomic mass is 9.33. The van der Waals surface area contributed by atoms with Gasteiger partial charge in [-0.15, -0.1) is 0 Å². The largest absolute Gasteiger partial charge is 0.469 e. The summed E-state index contributed by atoms with van der Waals surface area (Å²) in [5, 5.41) is 2.94. The highest BCUT2D eigenvalue weighted by Gasteiger charge is 2.68. The van der Waals surface area contributed by atoms with E-state index >= 15 is 0 Å². The summed E-state index contributed by atoms with van der Waals surface area (Å²) in [5.41, 5.74) is 8.76. The van der Waals surface area contributed by atoms with Gasteiger partial charge in [0.2, 0.25) is 0 Å². The second-order valence-electron chi connectivity index (χ2n) is 17.1. The molecular formula is C44H48FN3O3. The first-order valence-electron chi connectivity index (χ1n) is 18.4. The number of carbonyl (C=O) groups is 2. The average Bonchev–Trinajstić information content (AvgIpc) is 3.12. The number of aromatic nitrogens is 2. The van der Waals surface area contributed by atoms with Crippen LogP contribution in [0.15, 0.2) is 60.7 Å². The van der Waals surface area contributed by atoms with Crippen molar-refractivity contribution in [2.24, 2.45) is 33.0 Å². The Labute approximate surface area is 300 Å². The van der Waals surface area contributed by atoms with E-state index in [0.29, 0.717) is 23.5 Å². The number of halogens is 1. The van der Waals surface area contributed by atoms with Crippen LogP contribution in [-0.4, -0.2) is 29.0 Å². The van der Waals surface area contributed by atoms with Crippen LogP contribution >= 0.6 is 0 Å². The van der Waals surface area contributed by atoms with Crippen molar-refractivity contribution in [3.05, 3.63) is 94.3 Å². The minimum Gasteiger partial charge on any atom is -0.469 e. The monoisotopic (exact) mass is 685 g/mol. The summed E-state index contributed by atoms with van der Waals surface area (Å²) < 4.78 is 18.7. The maximum absolute atomic E-state index is 13.3. The van der Waals surface area contributed by atoms with E-state index in [1.165, 1.54) is 35.9 Å². The predicted molar refractivity (Wildman–Crippen MR) is 200 cm³/mol. The van der Waals surface area contributed by atoms with Gasteiger partial charge in [-0.3, -0.25) is 9.59 Å². The number of allylic oxidation sites excluding steroid dienone is 3. The number of methoxy groups -OCH3 is 1. The summed E-state index contributed by atoms with van der Waals surface area (Å²) in [6, 6.07) is 13.8. The number of carbonyl (C=O) groups excluding carboxylic acids is 2. The second-order valence-corrected chi connectivity index (χ2v) is 17.1. The zero-order chi connectivity index (χ0) is 36.1. The summed E-state index contributed by atoms with van der Waals surface area (Å²) in [7, 11) is 1.53. The van der Waals surface area contributed by atoms with Gasteiger partial charge < -0.3 is 10.1 Å². The number of rotatable bonds is 4. The minimum absolute atomic E-state index is 0.00856. The van der Waals surface area contributed by atoms with E-state index in [1.807, 2.05) is 6.07 Å². The standard InChI is InChI=1S/C44H48FN3O3/c1-26-30-14-16-42(4)32(15-17-43(5)36-24-41(3,39(50)51-7)19-18-40(36,2)20-21-44(42,43)6)31(30)23-35-37(26)48-33-13-10-28(22-34(33)47-35)38(49)46-25-27-8-11-29(45)12-9-27/h8-16,22-23,36H,17-21,24-25H2,1-7H3,(H,46,49)/t36-,40-,41-,42-,43+,44-/m1/s1. The van der Waals surface area contributed by atoms with Crippen LogP contribution in [0.4, 0.5) is 4.39 Å². The van der Waals surface area contributed by atoms with Gasteiger partial charge in [-0.25, -0.2) is 14.4 Å². The summed E-state index contributed by atoms with van der Waals surface area (Å²) in [6.07, 6.45) is 13.3. The molecule has 0 saturated heterocycles. The lowest BCUT2D eigenvalue weighted by Gasteiger charge is -2.70. The number of amides is 1.